The van der Waals surface area contributed by atoms with Crippen molar-refractivity contribution in [2.45, 2.75) is 38.5 Å². The van der Waals surface area contributed by atoms with Crippen molar-refractivity contribution in [2.24, 2.45) is 0 Å². The molecule has 0 saturated heterocycles. The number of ether oxygens (including phenoxy) is 1. The summed E-state index contributed by atoms with van der Waals surface area (Å²) in [5, 5.41) is 8.48. The molecule has 4 heteroatoms. The van der Waals surface area contributed by atoms with Gasteiger partial charge in [0.2, 0.25) is 0 Å². The fraction of sp³-hybridized carbons (Fsp3) is 0.500. The topological polar surface area (TPSA) is 46.5 Å². The van der Waals surface area contributed by atoms with Gasteiger partial charge in [0.05, 0.1) is 6.61 Å². The molecule has 0 aliphatic carbocycles. The molecular formula is C14H19BrO3. The van der Waals surface area contributed by atoms with Crippen molar-refractivity contribution in [1.29, 1.82) is 0 Å². The summed E-state index contributed by atoms with van der Waals surface area (Å²) in [5.41, 5.74) is 0. The quantitative estimate of drug-likeness (QED) is 0.693. The van der Waals surface area contributed by atoms with Gasteiger partial charge in [-0.15, -0.1) is 0 Å². The van der Waals surface area contributed by atoms with E-state index in [9.17, 15) is 4.79 Å². The van der Waals surface area contributed by atoms with E-state index in [4.69, 9.17) is 9.84 Å². The molecule has 18 heavy (non-hydrogen) atoms. The van der Waals surface area contributed by atoms with Crippen LogP contribution in [0.2, 0.25) is 0 Å². The van der Waals surface area contributed by atoms with Gasteiger partial charge < -0.3 is 9.84 Å². The summed E-state index contributed by atoms with van der Waals surface area (Å²) >= 11 is 3.40. The molecule has 0 spiro atoms. The lowest BCUT2D eigenvalue weighted by molar-refractivity contribution is -0.137. The monoisotopic (exact) mass is 314 g/mol. The minimum Gasteiger partial charge on any atom is -0.494 e. The normalized spacial score (nSPS) is 10.3. The molecule has 0 unspecified atom stereocenters. The summed E-state index contributed by atoms with van der Waals surface area (Å²) in [6.07, 6.45) is 5.24. The van der Waals surface area contributed by atoms with Crippen molar-refractivity contribution < 1.29 is 14.6 Å². The highest BCUT2D eigenvalue weighted by atomic mass is 79.9. The second-order valence-electron chi connectivity index (χ2n) is 4.22. The standard InChI is InChI=1S/C14H19BrO3/c15-12-7-6-8-13(11-12)18-10-5-3-1-2-4-9-14(16)17/h6-8,11H,1-5,9-10H2,(H,16,17). The van der Waals surface area contributed by atoms with Crippen molar-refractivity contribution in [2.75, 3.05) is 6.61 Å². The highest BCUT2D eigenvalue weighted by Gasteiger charge is 1.97. The molecule has 0 radical (unpaired) electrons. The van der Waals surface area contributed by atoms with Crippen molar-refractivity contribution >= 4 is 21.9 Å². The molecule has 1 rings (SSSR count). The number of carbonyl (C=O) groups is 1. The summed E-state index contributed by atoms with van der Waals surface area (Å²) < 4.78 is 6.63. The molecule has 1 N–H and O–H groups in total. The van der Waals surface area contributed by atoms with E-state index in [1.807, 2.05) is 24.3 Å². The molecule has 0 saturated carbocycles. The minimum absolute atomic E-state index is 0.286. The first kappa shape index (κ1) is 15.0. The van der Waals surface area contributed by atoms with Gasteiger partial charge in [-0.3, -0.25) is 4.79 Å². The molecule has 1 aromatic rings. The first-order valence-corrected chi connectivity index (χ1v) is 7.08. The summed E-state index contributed by atoms with van der Waals surface area (Å²) in [7, 11) is 0. The third-order valence-electron chi connectivity index (χ3n) is 2.60. The average Bonchev–Trinajstić information content (AvgIpc) is 2.32. The molecule has 0 bridgehead atoms. The molecule has 3 nitrogen and oxygen atoms in total. The van der Waals surface area contributed by atoms with E-state index in [0.717, 1.165) is 48.9 Å². The number of aliphatic carboxylic acids is 1. The van der Waals surface area contributed by atoms with E-state index in [1.54, 1.807) is 0 Å². The number of carboxylic acids is 1. The van der Waals surface area contributed by atoms with Gasteiger partial charge in [-0.2, -0.15) is 0 Å². The van der Waals surface area contributed by atoms with Crippen molar-refractivity contribution in [3.8, 4) is 5.75 Å². The molecule has 1 aromatic carbocycles. The van der Waals surface area contributed by atoms with Crippen LogP contribution < -0.4 is 4.74 Å². The van der Waals surface area contributed by atoms with E-state index in [0.29, 0.717) is 0 Å². The first-order chi connectivity index (χ1) is 8.68. The molecular weight excluding hydrogens is 296 g/mol. The van der Waals surface area contributed by atoms with Gasteiger partial charge in [-0.25, -0.2) is 0 Å². The molecule has 0 atom stereocenters. The third kappa shape index (κ3) is 7.33. The maximum atomic E-state index is 10.3. The molecule has 0 aliphatic heterocycles. The Hall–Kier alpha value is -1.03. The summed E-state index contributed by atoms with van der Waals surface area (Å²) in [6.45, 7) is 0.718. The number of carboxylic acid groups (broad SMARTS) is 1. The molecule has 0 aliphatic rings. The number of halogens is 1. The lowest BCUT2D eigenvalue weighted by atomic mass is 10.1. The number of hydrogen-bond acceptors (Lipinski definition) is 2. The zero-order valence-corrected chi connectivity index (χ0v) is 12.0. The fourth-order valence-corrected chi connectivity index (χ4v) is 2.03. The average molecular weight is 315 g/mol. The van der Waals surface area contributed by atoms with Crippen LogP contribution in [0.25, 0.3) is 0 Å². The molecule has 0 aromatic heterocycles. The van der Waals surface area contributed by atoms with E-state index >= 15 is 0 Å². The van der Waals surface area contributed by atoms with Gasteiger partial charge in [-0.1, -0.05) is 41.3 Å². The van der Waals surface area contributed by atoms with Crippen LogP contribution in [-0.4, -0.2) is 17.7 Å². The van der Waals surface area contributed by atoms with Crippen LogP contribution >= 0.6 is 15.9 Å². The van der Waals surface area contributed by atoms with Crippen molar-refractivity contribution in [3.05, 3.63) is 28.7 Å². The molecule has 100 valence electrons. The Labute approximate surface area is 116 Å². The number of hydrogen-bond donors (Lipinski definition) is 1. The third-order valence-corrected chi connectivity index (χ3v) is 3.09. The fourth-order valence-electron chi connectivity index (χ4n) is 1.66. The molecule has 0 amide bonds. The van der Waals surface area contributed by atoms with E-state index in [2.05, 4.69) is 15.9 Å². The van der Waals surface area contributed by atoms with E-state index < -0.39 is 5.97 Å². The molecule has 0 fully saturated rings. The predicted octanol–water partition coefficient (Wildman–Crippen LogP) is 4.25. The van der Waals surface area contributed by atoms with E-state index in [1.165, 1.54) is 0 Å². The number of benzene rings is 1. The van der Waals surface area contributed by atoms with Gasteiger partial charge >= 0.3 is 5.97 Å². The van der Waals surface area contributed by atoms with Gasteiger partial charge in [0.15, 0.2) is 0 Å². The van der Waals surface area contributed by atoms with Crippen LogP contribution in [0.4, 0.5) is 0 Å². The van der Waals surface area contributed by atoms with Gasteiger partial charge in [0.1, 0.15) is 5.75 Å². The Morgan fingerprint density at radius 3 is 2.61 bits per heavy atom. The Balaban J connectivity index is 1.97. The first-order valence-electron chi connectivity index (χ1n) is 6.28. The molecule has 0 heterocycles. The predicted molar refractivity (Wildman–Crippen MR) is 75.0 cm³/mol. The van der Waals surface area contributed by atoms with Crippen LogP contribution in [-0.2, 0) is 4.79 Å². The SMILES string of the molecule is O=C(O)CCCCCCCOc1cccc(Br)c1. The van der Waals surface area contributed by atoms with Gasteiger partial charge in [-0.05, 0) is 31.0 Å². The summed E-state index contributed by atoms with van der Waals surface area (Å²) in [6, 6.07) is 7.81. The van der Waals surface area contributed by atoms with Crippen molar-refractivity contribution in [3.63, 3.8) is 0 Å². The largest absolute Gasteiger partial charge is 0.494 e. The number of unbranched alkanes of at least 4 members (excludes halogenated alkanes) is 4. The highest BCUT2D eigenvalue weighted by Crippen LogP contribution is 2.18. The Morgan fingerprint density at radius 2 is 1.89 bits per heavy atom. The Morgan fingerprint density at radius 1 is 1.17 bits per heavy atom. The minimum atomic E-state index is -0.701. The Kier molecular flexibility index (Phi) is 7.49. The van der Waals surface area contributed by atoms with Crippen LogP contribution in [0.15, 0.2) is 28.7 Å². The van der Waals surface area contributed by atoms with Crippen LogP contribution in [0, 0.1) is 0 Å². The maximum Gasteiger partial charge on any atom is 0.303 e. The van der Waals surface area contributed by atoms with Crippen LogP contribution in [0.3, 0.4) is 0 Å². The van der Waals surface area contributed by atoms with Crippen molar-refractivity contribution in [1.82, 2.24) is 0 Å². The maximum absolute atomic E-state index is 10.3. The van der Waals surface area contributed by atoms with Crippen LogP contribution in [0.1, 0.15) is 38.5 Å². The number of rotatable bonds is 9. The zero-order chi connectivity index (χ0) is 13.2. The second kappa shape index (κ2) is 8.97. The lowest BCUT2D eigenvalue weighted by Crippen LogP contribution is -1.97. The van der Waals surface area contributed by atoms with Gasteiger partial charge in [0.25, 0.3) is 0 Å². The summed E-state index contributed by atoms with van der Waals surface area (Å²) in [5.74, 6) is 0.184. The Bertz CT molecular complexity index is 366. The smallest absolute Gasteiger partial charge is 0.303 e. The van der Waals surface area contributed by atoms with Gasteiger partial charge in [0, 0.05) is 10.9 Å². The lowest BCUT2D eigenvalue weighted by Gasteiger charge is -2.06. The highest BCUT2D eigenvalue weighted by molar-refractivity contribution is 9.10. The van der Waals surface area contributed by atoms with E-state index in [-0.39, 0.29) is 6.42 Å². The second-order valence-corrected chi connectivity index (χ2v) is 5.13. The zero-order valence-electron chi connectivity index (χ0n) is 10.4. The van der Waals surface area contributed by atoms with Crippen LogP contribution in [0.5, 0.6) is 5.75 Å². The summed E-state index contributed by atoms with van der Waals surface area (Å²) in [4.78, 5) is 10.3.